The summed E-state index contributed by atoms with van der Waals surface area (Å²) >= 11 is 3.52. The average Bonchev–Trinajstić information content (AvgIpc) is 3.83. The predicted octanol–water partition coefficient (Wildman–Crippen LogP) is 8.30. The zero-order valence-electron chi connectivity index (χ0n) is 34.8. The van der Waals surface area contributed by atoms with Crippen molar-refractivity contribution in [3.8, 4) is 38.1 Å². The maximum atomic E-state index is 12.0. The number of anilines is 2. The second-order valence-electron chi connectivity index (χ2n) is 17.1. The van der Waals surface area contributed by atoms with Gasteiger partial charge in [-0.25, -0.2) is 9.37 Å². The molecule has 0 bridgehead atoms. The Morgan fingerprint density at radius 1 is 0.742 bits per heavy atom. The van der Waals surface area contributed by atoms with Gasteiger partial charge in [-0.15, -0.1) is 22.7 Å². The molecular formula is C49H42N3O8S2+. The minimum absolute atomic E-state index is 0.0342. The highest BCUT2D eigenvalue weighted by molar-refractivity contribution is 7.23. The van der Waals surface area contributed by atoms with Crippen molar-refractivity contribution in [1.82, 2.24) is 4.58 Å². The summed E-state index contributed by atoms with van der Waals surface area (Å²) in [5.41, 5.74) is 7.28. The first kappa shape index (κ1) is 39.4. The van der Waals surface area contributed by atoms with Crippen molar-refractivity contribution < 1.29 is 39.2 Å². The van der Waals surface area contributed by atoms with Crippen LogP contribution in [0.2, 0.25) is 0 Å². The molecule has 3 aliphatic rings. The van der Waals surface area contributed by atoms with E-state index in [9.17, 15) is 29.7 Å². The first-order valence-electron chi connectivity index (χ1n) is 20.2. The Morgan fingerprint density at radius 3 is 2.02 bits per heavy atom. The van der Waals surface area contributed by atoms with Gasteiger partial charge in [0.15, 0.2) is 12.1 Å². The number of rotatable bonds is 9. The van der Waals surface area contributed by atoms with Crippen molar-refractivity contribution >= 4 is 77.7 Å². The van der Waals surface area contributed by atoms with Crippen LogP contribution in [-0.2, 0) is 25.5 Å². The number of nitrogens with zero attached hydrogens (tertiary/aromatic N) is 3. The monoisotopic (exact) mass is 864 g/mol. The fourth-order valence-electron chi connectivity index (χ4n) is 9.55. The number of carboxylic acid groups (broad SMARTS) is 3. The van der Waals surface area contributed by atoms with Crippen LogP contribution in [0, 0.1) is 0 Å². The molecule has 0 saturated carbocycles. The molecule has 0 amide bonds. The lowest BCUT2D eigenvalue weighted by atomic mass is 9.81. The van der Waals surface area contributed by atoms with Crippen LogP contribution >= 0.6 is 22.7 Å². The Kier molecular flexibility index (Phi) is 8.85. The minimum Gasteiger partial charge on any atom is -0.480 e. The molecule has 10 rings (SSSR count). The summed E-state index contributed by atoms with van der Waals surface area (Å²) in [7, 11) is 4.23. The van der Waals surface area contributed by atoms with Crippen LogP contribution in [0.5, 0.6) is 17.2 Å². The van der Waals surface area contributed by atoms with Gasteiger partial charge in [0, 0.05) is 85.4 Å². The molecule has 0 atom stereocenters. The van der Waals surface area contributed by atoms with Crippen molar-refractivity contribution in [3.05, 3.63) is 124 Å². The van der Waals surface area contributed by atoms with E-state index in [4.69, 9.17) is 9.47 Å². The molecule has 312 valence electrons. The molecule has 0 spiro atoms. The largest absolute Gasteiger partial charge is 0.480 e. The molecule has 0 aliphatic carbocycles. The molecule has 0 unspecified atom stereocenters. The standard InChI is InChI=1S/C49H41N3O8S2/c1-48(2)44-26-11-7-9-13-38(26)61-46(44)28-18-30-35(20-33(28)50(48)5)60-36-21-34-29(47-45(49(3,4)51(34)6)27-12-8-10-14-39(27)62-47)19-31(36)43(30)25-15-16-32(37(17-25)59-24-42(57)58)52(22-40(53)54)23-41(55)56/h7-21H,22-24H2,1-6H3,(H2-,53,54,55,56,57,58)/p+1. The molecule has 3 N–H and O–H groups in total. The average molecular weight is 865 g/mol. The quantitative estimate of drug-likeness (QED) is 0.122. The molecule has 11 nitrogen and oxygen atoms in total. The summed E-state index contributed by atoms with van der Waals surface area (Å²) < 4.78 is 17.6. The van der Waals surface area contributed by atoms with Gasteiger partial charge in [0.05, 0.1) is 27.7 Å². The molecule has 5 aromatic carbocycles. The number of hydrogen-bond acceptors (Lipinski definition) is 9. The van der Waals surface area contributed by atoms with Crippen LogP contribution in [0.15, 0.2) is 91.0 Å². The van der Waals surface area contributed by atoms with E-state index in [0.717, 1.165) is 43.4 Å². The highest BCUT2D eigenvalue weighted by atomic mass is 32.1. The molecule has 13 heteroatoms. The van der Waals surface area contributed by atoms with Crippen LogP contribution in [-0.4, -0.2) is 67.0 Å². The molecule has 62 heavy (non-hydrogen) atoms. The fraction of sp³-hybridized carbons (Fsp3) is 0.224. The Hall–Kier alpha value is -6.70. The Bertz CT molecular complexity index is 3250. The van der Waals surface area contributed by atoms with Gasteiger partial charge in [-0.2, -0.15) is 0 Å². The van der Waals surface area contributed by atoms with E-state index in [1.165, 1.54) is 41.1 Å². The number of thiophene rings is 2. The van der Waals surface area contributed by atoms with Crippen LogP contribution in [0.1, 0.15) is 49.9 Å². The number of fused-ring (bicyclic) bond motifs is 12. The topological polar surface area (TPSA) is 140 Å². The van der Waals surface area contributed by atoms with Crippen molar-refractivity contribution in [2.75, 3.05) is 43.6 Å². The zero-order valence-corrected chi connectivity index (χ0v) is 36.5. The summed E-state index contributed by atoms with van der Waals surface area (Å²) in [5.74, 6) is -2.44. The van der Waals surface area contributed by atoms with Gasteiger partial charge >= 0.3 is 17.9 Å². The number of benzene rings is 5. The lowest BCUT2D eigenvalue weighted by Gasteiger charge is -2.43. The van der Waals surface area contributed by atoms with Gasteiger partial charge in [0.1, 0.15) is 37.4 Å². The van der Waals surface area contributed by atoms with Gasteiger partial charge < -0.3 is 34.6 Å². The van der Waals surface area contributed by atoms with Crippen molar-refractivity contribution in [2.45, 2.75) is 38.8 Å². The molecular weight excluding hydrogens is 823 g/mol. The number of carbonyl (C=O) groups is 3. The van der Waals surface area contributed by atoms with E-state index in [0.29, 0.717) is 17.1 Å². The fourth-order valence-corrected chi connectivity index (χ4v) is 12.3. The van der Waals surface area contributed by atoms with Crippen molar-refractivity contribution in [3.63, 3.8) is 0 Å². The summed E-state index contributed by atoms with van der Waals surface area (Å²) in [5, 5.41) is 33.5. The second kappa shape index (κ2) is 13.9. The normalized spacial score (nSPS) is 15.2. The Balaban J connectivity index is 1.30. The van der Waals surface area contributed by atoms with Crippen LogP contribution in [0.4, 0.5) is 11.4 Å². The first-order chi connectivity index (χ1) is 29.5. The summed E-state index contributed by atoms with van der Waals surface area (Å²) in [4.78, 5) is 41.7. The molecule has 0 saturated heterocycles. The Labute approximate surface area is 364 Å². The van der Waals surface area contributed by atoms with E-state index in [-0.39, 0.29) is 22.5 Å². The van der Waals surface area contributed by atoms with Gasteiger partial charge in [-0.1, -0.05) is 42.5 Å². The highest BCUT2D eigenvalue weighted by Crippen LogP contribution is 2.56. The van der Waals surface area contributed by atoms with E-state index >= 15 is 0 Å². The van der Waals surface area contributed by atoms with Crippen molar-refractivity contribution in [1.29, 1.82) is 0 Å². The van der Waals surface area contributed by atoms with Gasteiger partial charge in [-0.05, 0) is 61.2 Å². The number of hydrogen-bond donors (Lipinski definition) is 3. The number of aliphatic carboxylic acids is 3. The van der Waals surface area contributed by atoms with E-state index in [1.54, 1.807) is 34.8 Å². The maximum Gasteiger partial charge on any atom is 0.341 e. The van der Waals surface area contributed by atoms with Crippen LogP contribution in [0.25, 0.3) is 46.6 Å². The van der Waals surface area contributed by atoms with Gasteiger partial charge in [0.2, 0.25) is 5.36 Å². The molecule has 3 aliphatic heterocycles. The van der Waals surface area contributed by atoms with Crippen molar-refractivity contribution in [2.24, 2.45) is 0 Å². The minimum atomic E-state index is -1.25. The Morgan fingerprint density at radius 2 is 1.37 bits per heavy atom. The van der Waals surface area contributed by atoms with Gasteiger partial charge in [0.25, 0.3) is 0 Å². The zero-order chi connectivity index (χ0) is 43.6. The maximum absolute atomic E-state index is 12.0. The van der Waals surface area contributed by atoms with Crippen LogP contribution in [0.3, 0.4) is 0 Å². The molecule has 7 aromatic rings. The lowest BCUT2D eigenvalue weighted by Crippen LogP contribution is -2.46. The molecule has 2 aromatic heterocycles. The lowest BCUT2D eigenvalue weighted by molar-refractivity contribution is -0.140. The molecule has 0 fully saturated rings. The summed E-state index contributed by atoms with van der Waals surface area (Å²) in [6, 6.07) is 30.7. The SMILES string of the molecule is CN1c2cc3c(cc2-c2sc4ccccc4c2C1(C)C)C(c1ccc(N(CC(=O)O)CC(=O)O)c(OCC(=O)O)c1)=c1cc2c(cc1O3)=[N+](C)C(C)(C)c1c-2sc2ccccc12. The number of ether oxygens (including phenoxy) is 2. The molecule has 5 heterocycles. The third kappa shape index (κ3) is 5.89. The highest BCUT2D eigenvalue weighted by Gasteiger charge is 2.43. The molecule has 0 radical (unpaired) electrons. The third-order valence-electron chi connectivity index (χ3n) is 12.9. The smallest absolute Gasteiger partial charge is 0.341 e. The summed E-state index contributed by atoms with van der Waals surface area (Å²) in [6.45, 7) is 6.94. The van der Waals surface area contributed by atoms with Crippen LogP contribution < -0.4 is 34.4 Å². The van der Waals surface area contributed by atoms with E-state index < -0.39 is 37.6 Å². The third-order valence-corrected chi connectivity index (χ3v) is 15.3. The number of carboxylic acids is 3. The second-order valence-corrected chi connectivity index (χ2v) is 19.2. The predicted molar refractivity (Wildman–Crippen MR) is 244 cm³/mol. The van der Waals surface area contributed by atoms with E-state index in [2.05, 4.69) is 124 Å². The first-order valence-corrected chi connectivity index (χ1v) is 21.8. The summed E-state index contributed by atoms with van der Waals surface area (Å²) in [6.07, 6.45) is 0. The van der Waals surface area contributed by atoms with E-state index in [1.807, 2.05) is 6.07 Å². The van der Waals surface area contributed by atoms with Gasteiger partial charge in [-0.3, -0.25) is 9.59 Å².